The number of hydrogen-bond acceptors (Lipinski definition) is 4. The fraction of sp³-hybridized carbons (Fsp3) is 0.571. The molecule has 0 rings (SSSR count). The highest BCUT2D eigenvalue weighted by Crippen LogP contribution is 1.91. The van der Waals surface area contributed by atoms with Crippen molar-refractivity contribution in [1.29, 1.82) is 0 Å². The molecule has 4 N–H and O–H groups in total. The van der Waals surface area contributed by atoms with Crippen molar-refractivity contribution in [2.75, 3.05) is 6.54 Å². The summed E-state index contributed by atoms with van der Waals surface area (Å²) in [6.45, 7) is 5.90. The summed E-state index contributed by atoms with van der Waals surface area (Å²) in [5.74, 6) is -0.935. The molecule has 6 nitrogen and oxygen atoms in total. The number of carbonyl (C=O) groups is 1. The highest BCUT2D eigenvalue weighted by atomic mass is 32.2. The van der Waals surface area contributed by atoms with Crippen molar-refractivity contribution in [3.05, 3.63) is 12.2 Å². The first-order valence-electron chi connectivity index (χ1n) is 3.68. The first kappa shape index (κ1) is 15.5. The van der Waals surface area contributed by atoms with Crippen molar-refractivity contribution < 1.29 is 22.9 Å². The van der Waals surface area contributed by atoms with Crippen LogP contribution in [0, 0.1) is 0 Å². The van der Waals surface area contributed by atoms with Gasteiger partial charge < -0.3 is 10.8 Å². The maximum atomic E-state index is 10.0. The molecule has 0 radical (unpaired) electrons. The number of nitrogens with two attached hydrogens (primary N) is 1. The number of aliphatic carboxylic acids is 1. The van der Waals surface area contributed by atoms with E-state index in [0.29, 0.717) is 0 Å². The zero-order chi connectivity index (χ0) is 11.9. The summed E-state index contributed by atoms with van der Waals surface area (Å²) >= 11 is 0. The van der Waals surface area contributed by atoms with Crippen molar-refractivity contribution in [1.82, 2.24) is 0 Å². The predicted molar refractivity (Wildman–Crippen MR) is 52.5 cm³/mol. The van der Waals surface area contributed by atoms with Gasteiger partial charge in [-0.05, 0) is 13.8 Å². The highest BCUT2D eigenvalue weighted by Gasteiger charge is 2.13. The highest BCUT2D eigenvalue weighted by molar-refractivity contribution is 7.86. The molecule has 0 fully saturated rings. The Labute approximate surface area is 83.2 Å². The minimum absolute atomic E-state index is 0.0428. The van der Waals surface area contributed by atoms with E-state index in [-0.39, 0.29) is 12.1 Å². The molecule has 0 aliphatic rings. The van der Waals surface area contributed by atoms with Crippen LogP contribution in [0.4, 0.5) is 0 Å². The van der Waals surface area contributed by atoms with Gasteiger partial charge in [-0.25, -0.2) is 4.79 Å². The van der Waals surface area contributed by atoms with Gasteiger partial charge in [0, 0.05) is 12.1 Å². The maximum Gasteiger partial charge on any atom is 0.330 e. The van der Waals surface area contributed by atoms with E-state index in [1.807, 2.05) is 0 Å². The Hall–Kier alpha value is -0.920. The van der Waals surface area contributed by atoms with Gasteiger partial charge in [0.1, 0.15) is 0 Å². The summed E-state index contributed by atoms with van der Waals surface area (Å²) in [6, 6.07) is 0. The molecule has 14 heavy (non-hydrogen) atoms. The number of rotatable bonds is 3. The zero-order valence-electron chi connectivity index (χ0n) is 8.10. The molecule has 7 heteroatoms. The second-order valence-corrected chi connectivity index (χ2v) is 4.48. The zero-order valence-corrected chi connectivity index (χ0v) is 8.91. The Morgan fingerprint density at radius 2 is 1.86 bits per heavy atom. The fourth-order valence-electron chi connectivity index (χ4n) is 0.122. The topological polar surface area (TPSA) is 118 Å². The van der Waals surface area contributed by atoms with Gasteiger partial charge in [0.15, 0.2) is 0 Å². The summed E-state index contributed by atoms with van der Waals surface area (Å²) in [5, 5.41) is 7.05. The lowest BCUT2D eigenvalue weighted by molar-refractivity contribution is -0.132. The van der Waals surface area contributed by atoms with Crippen LogP contribution in [0.15, 0.2) is 12.2 Å². The first-order valence-corrected chi connectivity index (χ1v) is 5.18. The van der Waals surface area contributed by atoms with Crippen LogP contribution in [0.25, 0.3) is 0 Å². The van der Waals surface area contributed by atoms with Crippen molar-refractivity contribution in [2.45, 2.75) is 19.1 Å². The number of hydrogen-bond donors (Lipinski definition) is 3. The molecule has 0 aliphatic heterocycles. The molecule has 1 atom stereocenters. The Morgan fingerprint density at radius 1 is 1.57 bits per heavy atom. The Balaban J connectivity index is 0. The summed E-state index contributed by atoms with van der Waals surface area (Å²) in [5.41, 5.74) is 5.09. The normalized spacial score (nSPS) is 12.3. The van der Waals surface area contributed by atoms with E-state index in [9.17, 15) is 13.2 Å². The lowest BCUT2D eigenvalue weighted by Gasteiger charge is -2.00. The molecule has 0 aliphatic carbocycles. The van der Waals surface area contributed by atoms with Gasteiger partial charge >= 0.3 is 5.97 Å². The smallest absolute Gasteiger partial charge is 0.330 e. The molecule has 0 saturated carbocycles. The number of carboxylic acids is 1. The summed E-state index contributed by atoms with van der Waals surface area (Å²) in [4.78, 5) is 9.60. The molecule has 0 aromatic rings. The number of carboxylic acid groups (broad SMARTS) is 1. The lowest BCUT2D eigenvalue weighted by Crippen LogP contribution is -2.25. The van der Waals surface area contributed by atoms with E-state index < -0.39 is 21.3 Å². The van der Waals surface area contributed by atoms with Crippen LogP contribution < -0.4 is 5.73 Å². The Kier molecular flexibility index (Phi) is 7.24. The van der Waals surface area contributed by atoms with Crippen LogP contribution >= 0.6 is 0 Å². The van der Waals surface area contributed by atoms with Crippen LogP contribution in [-0.2, 0) is 14.9 Å². The standard InChI is InChI=1S/C4H6O2.C3H9NO3S/c1-3(2)4(5)6;1-3(2-4)8(5,6)7/h1H2,2H3,(H,5,6);3H,2,4H2,1H3,(H,5,6,7). The third-order valence-electron chi connectivity index (χ3n) is 1.21. The first-order chi connectivity index (χ1) is 6.12. The average Bonchev–Trinajstić information content (AvgIpc) is 2.02. The molecular formula is C7H15NO5S. The molecule has 0 amide bonds. The van der Waals surface area contributed by atoms with Crippen molar-refractivity contribution in [2.24, 2.45) is 5.73 Å². The predicted octanol–water partition coefficient (Wildman–Crippen LogP) is -0.131. The van der Waals surface area contributed by atoms with Crippen LogP contribution in [0.2, 0.25) is 0 Å². The average molecular weight is 225 g/mol. The van der Waals surface area contributed by atoms with Gasteiger partial charge in [0.2, 0.25) is 0 Å². The van der Waals surface area contributed by atoms with Crippen molar-refractivity contribution in [3.8, 4) is 0 Å². The van der Waals surface area contributed by atoms with Gasteiger partial charge in [-0.3, -0.25) is 4.55 Å². The van der Waals surface area contributed by atoms with Gasteiger partial charge in [0.05, 0.1) is 5.25 Å². The van der Waals surface area contributed by atoms with E-state index >= 15 is 0 Å². The third-order valence-corrected chi connectivity index (χ3v) is 2.41. The minimum atomic E-state index is -3.88. The SMILES string of the molecule is C=C(C)C(=O)O.CC(CN)S(=O)(=O)O. The molecule has 0 spiro atoms. The monoisotopic (exact) mass is 225 g/mol. The van der Waals surface area contributed by atoms with Gasteiger partial charge in [-0.15, -0.1) is 0 Å². The third kappa shape index (κ3) is 9.17. The van der Waals surface area contributed by atoms with Crippen LogP contribution in [0.3, 0.4) is 0 Å². The molecule has 1 unspecified atom stereocenters. The van der Waals surface area contributed by atoms with Crippen molar-refractivity contribution in [3.63, 3.8) is 0 Å². The summed E-state index contributed by atoms with van der Waals surface area (Å²) < 4.78 is 28.3. The second kappa shape index (κ2) is 6.52. The Bertz CT molecular complexity index is 283. The molecule has 0 bridgehead atoms. The van der Waals surface area contributed by atoms with Gasteiger partial charge in [0.25, 0.3) is 10.1 Å². The maximum absolute atomic E-state index is 10.0. The molecule has 0 aromatic heterocycles. The fourth-order valence-corrected chi connectivity index (χ4v) is 0.365. The minimum Gasteiger partial charge on any atom is -0.478 e. The van der Waals surface area contributed by atoms with Crippen LogP contribution in [-0.4, -0.2) is 35.8 Å². The molecule has 0 aromatic carbocycles. The van der Waals surface area contributed by atoms with Crippen molar-refractivity contribution >= 4 is 16.1 Å². The summed E-state index contributed by atoms with van der Waals surface area (Å²) in [6.07, 6.45) is 0. The van der Waals surface area contributed by atoms with E-state index in [2.05, 4.69) is 6.58 Å². The largest absolute Gasteiger partial charge is 0.478 e. The quantitative estimate of drug-likeness (QED) is 0.455. The second-order valence-electron chi connectivity index (χ2n) is 2.65. The van der Waals surface area contributed by atoms with Gasteiger partial charge in [-0.2, -0.15) is 8.42 Å². The van der Waals surface area contributed by atoms with Gasteiger partial charge in [-0.1, -0.05) is 6.58 Å². The van der Waals surface area contributed by atoms with E-state index in [0.717, 1.165) is 0 Å². The van der Waals surface area contributed by atoms with E-state index in [1.165, 1.54) is 13.8 Å². The van der Waals surface area contributed by atoms with E-state index in [1.54, 1.807) is 0 Å². The van der Waals surface area contributed by atoms with Crippen LogP contribution in [0.5, 0.6) is 0 Å². The van der Waals surface area contributed by atoms with Crippen LogP contribution in [0.1, 0.15) is 13.8 Å². The molecule has 0 saturated heterocycles. The molecule has 84 valence electrons. The van der Waals surface area contributed by atoms with E-state index in [4.69, 9.17) is 15.4 Å². The molecular weight excluding hydrogens is 210 g/mol. The Morgan fingerprint density at radius 3 is 1.86 bits per heavy atom. The lowest BCUT2D eigenvalue weighted by atomic mass is 10.4. The summed E-state index contributed by atoms with van der Waals surface area (Å²) in [7, 11) is -3.88. The molecule has 0 heterocycles.